The average molecular weight is 241 g/mol. The van der Waals surface area contributed by atoms with E-state index in [1.165, 1.54) is 6.42 Å². The van der Waals surface area contributed by atoms with Gasteiger partial charge in [0.1, 0.15) is 0 Å². The molecule has 94 valence electrons. The van der Waals surface area contributed by atoms with E-state index < -0.39 is 0 Å². The van der Waals surface area contributed by atoms with Crippen LogP contribution in [0.5, 0.6) is 0 Å². The van der Waals surface area contributed by atoms with Gasteiger partial charge >= 0.3 is 0 Å². The van der Waals surface area contributed by atoms with Gasteiger partial charge in [0.2, 0.25) is 0 Å². The fourth-order valence-corrected chi connectivity index (χ4v) is 3.12. The van der Waals surface area contributed by atoms with Gasteiger partial charge in [-0.3, -0.25) is 4.79 Å². The molecule has 0 aromatic heterocycles. The van der Waals surface area contributed by atoms with Crippen LogP contribution >= 0.6 is 0 Å². The highest BCUT2D eigenvalue weighted by Crippen LogP contribution is 2.40. The van der Waals surface area contributed by atoms with Crippen LogP contribution < -0.4 is 0 Å². The molecule has 0 aliphatic heterocycles. The summed E-state index contributed by atoms with van der Waals surface area (Å²) in [4.78, 5) is 12.4. The molecule has 3 atom stereocenters. The van der Waals surface area contributed by atoms with Crippen LogP contribution in [-0.2, 0) is 0 Å². The molecule has 0 amide bonds. The summed E-state index contributed by atoms with van der Waals surface area (Å²) in [5, 5.41) is 8.75. The number of carbonyl (C=O) groups is 1. The number of nitriles is 1. The quantitative estimate of drug-likeness (QED) is 0.755. The molecule has 0 spiro atoms. The Balaban J connectivity index is 2.14. The molecule has 1 aliphatic rings. The van der Waals surface area contributed by atoms with Crippen LogP contribution in [0.3, 0.4) is 0 Å². The van der Waals surface area contributed by atoms with Crippen LogP contribution in [0.25, 0.3) is 0 Å². The van der Waals surface area contributed by atoms with Crippen molar-refractivity contribution in [2.45, 2.75) is 33.1 Å². The smallest absolute Gasteiger partial charge is 0.166 e. The minimum atomic E-state index is 0.169. The van der Waals surface area contributed by atoms with E-state index in [4.69, 9.17) is 5.26 Å². The molecular formula is C16H19NO. The third-order valence-electron chi connectivity index (χ3n) is 4.39. The molecule has 1 aliphatic carbocycles. The van der Waals surface area contributed by atoms with E-state index in [-0.39, 0.29) is 11.7 Å². The van der Waals surface area contributed by atoms with Crippen molar-refractivity contribution in [1.29, 1.82) is 5.26 Å². The summed E-state index contributed by atoms with van der Waals surface area (Å²) in [6, 6.07) is 9.10. The lowest BCUT2D eigenvalue weighted by molar-refractivity contribution is 0.0887. The first-order chi connectivity index (χ1) is 8.67. The second kappa shape index (κ2) is 5.35. The lowest BCUT2D eigenvalue weighted by Crippen LogP contribution is -2.20. The molecule has 0 radical (unpaired) electrons. The topological polar surface area (TPSA) is 40.9 Å². The third kappa shape index (κ3) is 2.31. The summed E-state index contributed by atoms with van der Waals surface area (Å²) in [6.07, 6.45) is 3.35. The number of hydrogen-bond donors (Lipinski definition) is 0. The summed E-state index contributed by atoms with van der Waals surface area (Å²) in [6.45, 7) is 4.41. The van der Waals surface area contributed by atoms with Gasteiger partial charge in [-0.25, -0.2) is 0 Å². The number of rotatable bonds is 3. The van der Waals surface area contributed by atoms with Crippen molar-refractivity contribution in [1.82, 2.24) is 0 Å². The predicted octanol–water partition coefficient (Wildman–Crippen LogP) is 3.81. The van der Waals surface area contributed by atoms with Crippen molar-refractivity contribution >= 4 is 5.78 Å². The van der Waals surface area contributed by atoms with Crippen molar-refractivity contribution < 1.29 is 4.79 Å². The van der Waals surface area contributed by atoms with E-state index in [2.05, 4.69) is 19.9 Å². The van der Waals surface area contributed by atoms with Crippen molar-refractivity contribution in [3.8, 4) is 6.07 Å². The van der Waals surface area contributed by atoms with Gasteiger partial charge in [0.25, 0.3) is 0 Å². The lowest BCUT2D eigenvalue weighted by atomic mass is 9.85. The highest BCUT2D eigenvalue weighted by molar-refractivity contribution is 5.98. The van der Waals surface area contributed by atoms with Gasteiger partial charge in [0.15, 0.2) is 5.78 Å². The summed E-state index contributed by atoms with van der Waals surface area (Å²) in [5.41, 5.74) is 1.36. The van der Waals surface area contributed by atoms with E-state index in [0.717, 1.165) is 18.4 Å². The number of hydrogen-bond acceptors (Lipinski definition) is 2. The van der Waals surface area contributed by atoms with Crippen molar-refractivity contribution in [3.05, 3.63) is 35.4 Å². The molecule has 18 heavy (non-hydrogen) atoms. The molecule has 1 fully saturated rings. The molecule has 1 aromatic carbocycles. The molecule has 0 heterocycles. The van der Waals surface area contributed by atoms with Crippen molar-refractivity contribution in [2.24, 2.45) is 17.8 Å². The molecule has 1 aromatic rings. The van der Waals surface area contributed by atoms with Gasteiger partial charge in [-0.15, -0.1) is 0 Å². The average Bonchev–Trinajstić information content (AvgIpc) is 2.79. The number of carbonyl (C=O) groups excluding carboxylic acids is 1. The predicted molar refractivity (Wildman–Crippen MR) is 71.2 cm³/mol. The summed E-state index contributed by atoms with van der Waals surface area (Å²) in [7, 11) is 0. The second-order valence-corrected chi connectivity index (χ2v) is 5.26. The van der Waals surface area contributed by atoms with Crippen LogP contribution in [0.4, 0.5) is 0 Å². The first-order valence-corrected chi connectivity index (χ1v) is 6.71. The Kier molecular flexibility index (Phi) is 3.81. The van der Waals surface area contributed by atoms with E-state index in [9.17, 15) is 4.79 Å². The molecule has 1 saturated carbocycles. The van der Waals surface area contributed by atoms with Gasteiger partial charge in [0, 0.05) is 11.5 Å². The van der Waals surface area contributed by atoms with Gasteiger partial charge in [0.05, 0.1) is 11.6 Å². The number of nitrogens with zero attached hydrogens (tertiary/aromatic N) is 1. The Morgan fingerprint density at radius 1 is 1.33 bits per heavy atom. The van der Waals surface area contributed by atoms with Gasteiger partial charge < -0.3 is 0 Å². The summed E-state index contributed by atoms with van der Waals surface area (Å²) >= 11 is 0. The minimum Gasteiger partial charge on any atom is -0.294 e. The Labute approximate surface area is 109 Å². The van der Waals surface area contributed by atoms with Crippen LogP contribution in [0.2, 0.25) is 0 Å². The van der Waals surface area contributed by atoms with E-state index in [1.807, 2.05) is 0 Å². The normalized spacial score (nSPS) is 26.8. The largest absolute Gasteiger partial charge is 0.294 e. The highest BCUT2D eigenvalue weighted by Gasteiger charge is 2.36. The van der Waals surface area contributed by atoms with Crippen LogP contribution in [0.15, 0.2) is 24.3 Å². The zero-order valence-electron chi connectivity index (χ0n) is 11.0. The third-order valence-corrected chi connectivity index (χ3v) is 4.39. The maximum absolute atomic E-state index is 12.4. The van der Waals surface area contributed by atoms with Gasteiger partial charge in [-0.1, -0.05) is 32.4 Å². The van der Waals surface area contributed by atoms with Crippen LogP contribution in [-0.4, -0.2) is 5.78 Å². The standard InChI is InChI=1S/C16H19NO/c1-3-13-8-9-15(11(13)2)16(18)14-6-4-12(10-17)5-7-14/h4-7,11,13,15H,3,8-9H2,1-2H3. The molecule has 3 unspecified atom stereocenters. The van der Waals surface area contributed by atoms with Crippen LogP contribution in [0, 0.1) is 29.1 Å². The fraction of sp³-hybridized carbons (Fsp3) is 0.500. The fourth-order valence-electron chi connectivity index (χ4n) is 3.12. The maximum atomic E-state index is 12.4. The minimum absolute atomic E-state index is 0.169. The van der Waals surface area contributed by atoms with Gasteiger partial charge in [-0.2, -0.15) is 5.26 Å². The maximum Gasteiger partial charge on any atom is 0.166 e. The SMILES string of the molecule is CCC1CCC(C(=O)c2ccc(C#N)cc2)C1C. The molecule has 2 nitrogen and oxygen atoms in total. The first-order valence-electron chi connectivity index (χ1n) is 6.71. The first kappa shape index (κ1) is 12.8. The zero-order chi connectivity index (χ0) is 13.1. The van der Waals surface area contributed by atoms with Crippen molar-refractivity contribution in [3.63, 3.8) is 0 Å². The number of Topliss-reactive ketones (excluding diaryl/α,β-unsaturated/α-hetero) is 1. The summed E-state index contributed by atoms with van der Waals surface area (Å²) in [5.74, 6) is 1.60. The van der Waals surface area contributed by atoms with Gasteiger partial charge in [-0.05, 0) is 36.8 Å². The van der Waals surface area contributed by atoms with E-state index >= 15 is 0 Å². The molecule has 0 saturated heterocycles. The Morgan fingerprint density at radius 2 is 2.00 bits per heavy atom. The Morgan fingerprint density at radius 3 is 2.50 bits per heavy atom. The Hall–Kier alpha value is -1.62. The molecule has 2 rings (SSSR count). The summed E-state index contributed by atoms with van der Waals surface area (Å²) < 4.78 is 0. The molecular weight excluding hydrogens is 222 g/mol. The van der Waals surface area contributed by atoms with Crippen molar-refractivity contribution in [2.75, 3.05) is 0 Å². The molecule has 0 N–H and O–H groups in total. The van der Waals surface area contributed by atoms with E-state index in [1.54, 1.807) is 24.3 Å². The second-order valence-electron chi connectivity index (χ2n) is 5.26. The number of benzene rings is 1. The Bertz CT molecular complexity index is 469. The monoisotopic (exact) mass is 241 g/mol. The number of ketones is 1. The van der Waals surface area contributed by atoms with E-state index in [0.29, 0.717) is 17.4 Å². The highest BCUT2D eigenvalue weighted by atomic mass is 16.1. The molecule has 2 heteroatoms. The lowest BCUT2D eigenvalue weighted by Gasteiger charge is -2.18. The molecule has 0 bridgehead atoms. The zero-order valence-corrected chi connectivity index (χ0v) is 11.0. The van der Waals surface area contributed by atoms with Crippen LogP contribution in [0.1, 0.15) is 49.0 Å².